The molecule has 20 heteroatoms. The predicted molar refractivity (Wildman–Crippen MR) is 339 cm³/mol. The lowest BCUT2D eigenvalue weighted by molar-refractivity contribution is 0.907. The molecule has 0 amide bonds. The van der Waals surface area contributed by atoms with Gasteiger partial charge in [-0.2, -0.15) is 25.5 Å². The molecule has 0 saturated heterocycles. The van der Waals surface area contributed by atoms with Crippen LogP contribution in [-0.4, -0.2) is 101 Å². The van der Waals surface area contributed by atoms with E-state index >= 15 is 0 Å². The van der Waals surface area contributed by atoms with E-state index in [-0.39, 0.29) is 0 Å². The van der Waals surface area contributed by atoms with E-state index < -0.39 is 0 Å². The van der Waals surface area contributed by atoms with E-state index in [2.05, 4.69) is 120 Å². The van der Waals surface area contributed by atoms with E-state index in [1.807, 2.05) is 203 Å². The first kappa shape index (κ1) is 92.0. The predicted octanol–water partition coefficient (Wildman–Crippen LogP) is 15.1. The lowest BCUT2D eigenvalue weighted by Gasteiger charge is -1.82. The molecule has 0 atom stereocenters. The Balaban J connectivity index is -0.0000000993. The number of benzene rings is 1. The van der Waals surface area contributed by atoms with Gasteiger partial charge in [0, 0.05) is 55.3 Å². The zero-order chi connectivity index (χ0) is 64.0. The summed E-state index contributed by atoms with van der Waals surface area (Å²) in [5.41, 5.74) is 7.29. The van der Waals surface area contributed by atoms with Crippen molar-refractivity contribution in [3.8, 4) is 0 Å². The van der Waals surface area contributed by atoms with Gasteiger partial charge in [-0.15, -0.1) is 15.3 Å². The average molecular weight is 1120 g/mol. The van der Waals surface area contributed by atoms with E-state index in [9.17, 15) is 0 Å². The summed E-state index contributed by atoms with van der Waals surface area (Å²) in [5, 5.41) is 28.7. The highest BCUT2D eigenvalue weighted by Crippen LogP contribution is 1.92. The molecular formula is C61H106N20. The first-order valence-electron chi connectivity index (χ1n) is 27.8. The van der Waals surface area contributed by atoms with Gasteiger partial charge in [-0.3, -0.25) is 9.97 Å². The molecule has 8 aromatic heterocycles. The van der Waals surface area contributed by atoms with E-state index in [0.29, 0.717) is 5.82 Å². The Morgan fingerprint density at radius 2 is 0.728 bits per heavy atom. The van der Waals surface area contributed by atoms with Gasteiger partial charge >= 0.3 is 0 Å². The first-order chi connectivity index (χ1) is 39.5. The molecule has 0 N–H and O–H groups in total. The van der Waals surface area contributed by atoms with Gasteiger partial charge in [-0.25, -0.2) is 49.8 Å². The fraction of sp³-hybridized carbons (Fsp3) is 0.443. The summed E-state index contributed by atoms with van der Waals surface area (Å²) in [6.07, 6.45) is 29.0. The van der Waals surface area contributed by atoms with E-state index in [1.54, 1.807) is 81.3 Å². The zero-order valence-corrected chi connectivity index (χ0v) is 54.9. The molecule has 0 unspecified atom stereocenters. The van der Waals surface area contributed by atoms with Crippen molar-refractivity contribution in [1.29, 1.82) is 0 Å². The van der Waals surface area contributed by atoms with Crippen molar-refractivity contribution in [3.63, 3.8) is 0 Å². The number of aryl methyl sites for hydroxylation is 9. The molecule has 0 bridgehead atoms. The van der Waals surface area contributed by atoms with Gasteiger partial charge in [0.05, 0.1) is 41.9 Å². The molecule has 1 aromatic carbocycles. The van der Waals surface area contributed by atoms with Gasteiger partial charge in [0.2, 0.25) is 0 Å². The lowest BCUT2D eigenvalue weighted by Crippen LogP contribution is -1.85. The van der Waals surface area contributed by atoms with E-state index in [4.69, 9.17) is 0 Å². The normalized spacial score (nSPS) is 7.44. The van der Waals surface area contributed by atoms with Crippen LogP contribution >= 0.6 is 0 Å². The van der Waals surface area contributed by atoms with Crippen LogP contribution in [0.15, 0.2) is 155 Å². The molecule has 0 radical (unpaired) electrons. The molecule has 9 rings (SSSR count). The first-order valence-corrected chi connectivity index (χ1v) is 27.8. The Morgan fingerprint density at radius 1 is 0.222 bits per heavy atom. The number of hydrogen-bond donors (Lipinski definition) is 0. The van der Waals surface area contributed by atoms with Gasteiger partial charge in [-0.1, -0.05) is 161 Å². The molecule has 450 valence electrons. The summed E-state index contributed by atoms with van der Waals surface area (Å²) in [5.74, 6) is 1.47. The second kappa shape index (κ2) is 88.2. The fourth-order valence-corrected chi connectivity index (χ4v) is 3.22. The van der Waals surface area contributed by atoms with Crippen LogP contribution in [0.3, 0.4) is 0 Å². The van der Waals surface area contributed by atoms with Gasteiger partial charge in [0.1, 0.15) is 49.6 Å². The summed E-state index contributed by atoms with van der Waals surface area (Å²) in [6, 6.07) is 14.0. The molecule has 81 heavy (non-hydrogen) atoms. The molecule has 0 aliphatic heterocycles. The molecule has 0 fully saturated rings. The van der Waals surface area contributed by atoms with Crippen LogP contribution in [0.1, 0.15) is 176 Å². The average Bonchev–Trinajstić information content (AvgIpc) is 3.55. The van der Waals surface area contributed by atoms with Crippen LogP contribution in [0.25, 0.3) is 0 Å². The SMILES string of the molecule is CC.CC.CC.CC.CC.CC.CC.CC.CC.Cc1ccccc1.Cc1ccncn1.Cc1ccnnc1.Cc1cnccn1.Cc1cncnc1.Cc1cncnn1.Cc1cnncn1.Cc1nccnn1.Cc1ncncn1. The molecule has 0 spiro atoms. The van der Waals surface area contributed by atoms with E-state index in [1.165, 1.54) is 43.5 Å². The Bertz CT molecular complexity index is 1770. The topological polar surface area (TPSA) is 258 Å². The van der Waals surface area contributed by atoms with Crippen LogP contribution in [0.4, 0.5) is 0 Å². The molecular weight excluding hydrogens is 1010 g/mol. The second-order valence-electron chi connectivity index (χ2n) is 12.1. The quantitative estimate of drug-likeness (QED) is 0.137. The zero-order valence-electron chi connectivity index (χ0n) is 54.9. The van der Waals surface area contributed by atoms with Gasteiger partial charge < -0.3 is 0 Å². The highest BCUT2D eigenvalue weighted by atomic mass is 15.1. The number of aromatic nitrogens is 20. The number of rotatable bonds is 0. The van der Waals surface area contributed by atoms with Crippen molar-refractivity contribution < 1.29 is 0 Å². The number of hydrogen-bond acceptors (Lipinski definition) is 20. The van der Waals surface area contributed by atoms with Crippen molar-refractivity contribution in [2.45, 2.75) is 187 Å². The largest absolute Gasteiger partial charge is 0.261 e. The monoisotopic (exact) mass is 1120 g/mol. The summed E-state index contributed by atoms with van der Waals surface area (Å²) >= 11 is 0. The molecule has 0 aliphatic carbocycles. The maximum absolute atomic E-state index is 3.92. The van der Waals surface area contributed by atoms with Crippen molar-refractivity contribution >= 4 is 0 Å². The highest BCUT2D eigenvalue weighted by molar-refractivity contribution is 5.11. The standard InChI is InChI=1S/C7H8.4C5H6N2.4C4H5N3.9C2H6/c1-7-5-3-2-4-6-7;1-5-2-6-4-7-3-5;1-5-4-6-2-3-7-5;1-5-2-3-6-4-7-5;1-5-2-3-6-7-4-5;1-4-6-2-5-3-7-4;1-4-2-6-7-3-5-4;1-4-2-5-3-6-7-4;1-4-5-2-3-6-7-4;9*1-2/h2-6H,1H3;4*2-4H,1H3;4*2-3H,1H3;9*1-2H3. The fourth-order valence-electron chi connectivity index (χ4n) is 3.22. The molecule has 0 saturated carbocycles. The minimum atomic E-state index is 0.711. The Hall–Kier alpha value is -8.42. The van der Waals surface area contributed by atoms with Gasteiger partial charge in [0.25, 0.3) is 0 Å². The van der Waals surface area contributed by atoms with Gasteiger partial charge in [-0.05, 0) is 85.6 Å². The van der Waals surface area contributed by atoms with Crippen LogP contribution in [0, 0.1) is 62.3 Å². The Labute approximate surface area is 491 Å². The van der Waals surface area contributed by atoms with Crippen molar-refractivity contribution in [2.24, 2.45) is 0 Å². The molecule has 20 nitrogen and oxygen atoms in total. The van der Waals surface area contributed by atoms with Crippen LogP contribution in [0.2, 0.25) is 0 Å². The third kappa shape index (κ3) is 85.7. The summed E-state index contributed by atoms with van der Waals surface area (Å²) in [4.78, 5) is 45.3. The maximum Gasteiger partial charge on any atom is 0.147 e. The molecule has 8 heterocycles. The molecule has 9 aromatic rings. The Kier molecular flexibility index (Phi) is 100. The lowest BCUT2D eigenvalue weighted by atomic mass is 10.2. The molecule has 0 aliphatic rings. The minimum absolute atomic E-state index is 0.711. The minimum Gasteiger partial charge on any atom is -0.261 e. The summed E-state index contributed by atoms with van der Waals surface area (Å²) < 4.78 is 0. The van der Waals surface area contributed by atoms with E-state index in [0.717, 1.165) is 39.7 Å². The van der Waals surface area contributed by atoms with Crippen LogP contribution < -0.4 is 0 Å². The van der Waals surface area contributed by atoms with Crippen LogP contribution in [0.5, 0.6) is 0 Å². The second-order valence-corrected chi connectivity index (χ2v) is 12.1. The van der Waals surface area contributed by atoms with Crippen molar-refractivity contribution in [2.75, 3.05) is 0 Å². The number of nitrogens with zero attached hydrogens (tertiary/aromatic N) is 20. The van der Waals surface area contributed by atoms with Gasteiger partial charge in [0.15, 0.2) is 0 Å². The summed E-state index contributed by atoms with van der Waals surface area (Å²) in [7, 11) is 0. The maximum atomic E-state index is 3.92. The van der Waals surface area contributed by atoms with Crippen LogP contribution in [-0.2, 0) is 0 Å². The van der Waals surface area contributed by atoms with Crippen molar-refractivity contribution in [3.05, 3.63) is 206 Å². The highest BCUT2D eigenvalue weighted by Gasteiger charge is 1.80. The third-order valence-electron chi connectivity index (χ3n) is 6.22. The Morgan fingerprint density at radius 3 is 0.951 bits per heavy atom. The van der Waals surface area contributed by atoms with Crippen molar-refractivity contribution in [1.82, 2.24) is 101 Å². The summed E-state index contributed by atoms with van der Waals surface area (Å²) in [6.45, 7) is 53.2. The third-order valence-corrected chi connectivity index (χ3v) is 6.22. The smallest absolute Gasteiger partial charge is 0.147 e.